The van der Waals surface area contributed by atoms with Crippen molar-refractivity contribution in [2.75, 3.05) is 11.9 Å². The van der Waals surface area contributed by atoms with Crippen LogP contribution >= 0.6 is 0 Å². The predicted molar refractivity (Wildman–Crippen MR) is 104 cm³/mol. The van der Waals surface area contributed by atoms with Gasteiger partial charge in [-0.2, -0.15) is 23.5 Å². The number of halogens is 4. The zero-order chi connectivity index (χ0) is 24.5. The highest BCUT2D eigenvalue weighted by atomic mass is 19.4. The van der Waals surface area contributed by atoms with Crippen LogP contribution in [0.1, 0.15) is 29.7 Å². The van der Waals surface area contributed by atoms with Crippen LogP contribution in [0.15, 0.2) is 30.5 Å². The van der Waals surface area contributed by atoms with Gasteiger partial charge in [-0.1, -0.05) is 6.92 Å². The van der Waals surface area contributed by atoms with E-state index in [4.69, 9.17) is 5.73 Å². The maximum absolute atomic E-state index is 13.7. The number of piperidine rings is 1. The second kappa shape index (κ2) is 8.97. The van der Waals surface area contributed by atoms with Gasteiger partial charge in [0, 0.05) is 18.4 Å². The van der Waals surface area contributed by atoms with Crippen molar-refractivity contribution in [3.63, 3.8) is 0 Å². The van der Waals surface area contributed by atoms with E-state index in [0.717, 1.165) is 29.9 Å². The standard InChI is InChI=1S/C20H20F4N6O3/c1-10(20(22,23)24)15-16(11(8-25)6-7-29(15)19(32)33)30-9-14(17(26)31)18(28-30)27-13-4-2-12(21)3-5-13/h2-5,9-11,15-16H,6-7H2,1H3,(H2,26,31)(H,27,28)(H,32,33)/p-1/t10?,11-,15?,16-/m1/s1. The molecule has 9 nitrogen and oxygen atoms in total. The van der Waals surface area contributed by atoms with Crippen molar-refractivity contribution in [3.05, 3.63) is 41.8 Å². The molecule has 0 bridgehead atoms. The number of rotatable bonds is 5. The van der Waals surface area contributed by atoms with Crippen molar-refractivity contribution in [3.8, 4) is 6.07 Å². The molecule has 2 heterocycles. The van der Waals surface area contributed by atoms with Crippen LogP contribution in [0.3, 0.4) is 0 Å². The molecule has 2 unspecified atom stereocenters. The van der Waals surface area contributed by atoms with E-state index >= 15 is 0 Å². The lowest BCUT2D eigenvalue weighted by atomic mass is 9.80. The van der Waals surface area contributed by atoms with Crippen molar-refractivity contribution < 1.29 is 32.3 Å². The molecule has 176 valence electrons. The number of anilines is 2. The quantitative estimate of drug-likeness (QED) is 0.646. The van der Waals surface area contributed by atoms with Gasteiger partial charge in [-0.25, -0.2) is 4.39 Å². The van der Waals surface area contributed by atoms with Crippen molar-refractivity contribution in [2.45, 2.75) is 31.6 Å². The Morgan fingerprint density at radius 3 is 2.48 bits per heavy atom. The summed E-state index contributed by atoms with van der Waals surface area (Å²) >= 11 is 0. The molecule has 1 aliphatic heterocycles. The Labute approximate surface area is 185 Å². The molecule has 3 rings (SSSR count). The summed E-state index contributed by atoms with van der Waals surface area (Å²) in [4.78, 5) is 24.1. The van der Waals surface area contributed by atoms with Gasteiger partial charge in [0.1, 0.15) is 17.5 Å². The second-order valence-corrected chi connectivity index (χ2v) is 7.66. The normalized spacial score (nSPS) is 21.8. The number of nitrogens with two attached hydrogens (primary N) is 1. The molecule has 2 aromatic rings. The number of alkyl halides is 3. The number of amides is 2. The third kappa shape index (κ3) is 4.84. The molecule has 0 saturated carbocycles. The highest BCUT2D eigenvalue weighted by Crippen LogP contribution is 2.42. The highest BCUT2D eigenvalue weighted by molar-refractivity contribution is 5.98. The average molecular weight is 467 g/mol. The first-order valence-corrected chi connectivity index (χ1v) is 9.79. The van der Waals surface area contributed by atoms with Gasteiger partial charge in [0.05, 0.1) is 30.0 Å². The number of nitrogens with zero attached hydrogens (tertiary/aromatic N) is 4. The summed E-state index contributed by atoms with van der Waals surface area (Å²) in [6.07, 6.45) is -5.60. The number of nitriles is 1. The maximum Gasteiger partial charge on any atom is 0.393 e. The third-order valence-corrected chi connectivity index (χ3v) is 5.64. The summed E-state index contributed by atoms with van der Waals surface area (Å²) in [6.45, 7) is 0.482. The van der Waals surface area contributed by atoms with Crippen LogP contribution in [-0.2, 0) is 0 Å². The zero-order valence-electron chi connectivity index (χ0n) is 17.2. The maximum atomic E-state index is 13.7. The monoisotopic (exact) mass is 467 g/mol. The largest absolute Gasteiger partial charge is 0.530 e. The summed E-state index contributed by atoms with van der Waals surface area (Å²) in [5.74, 6) is -4.85. The Hall–Kier alpha value is -3.82. The van der Waals surface area contributed by atoms with Crippen molar-refractivity contribution in [2.24, 2.45) is 17.6 Å². The van der Waals surface area contributed by atoms with Crippen LogP contribution < -0.4 is 16.2 Å². The van der Waals surface area contributed by atoms with Crippen LogP contribution in [-0.4, -0.2) is 45.4 Å². The van der Waals surface area contributed by atoms with E-state index in [1.54, 1.807) is 0 Å². The number of aromatic nitrogens is 2. The summed E-state index contributed by atoms with van der Waals surface area (Å²) < 4.78 is 55.1. The number of hydrogen-bond acceptors (Lipinski definition) is 6. The zero-order valence-corrected chi connectivity index (χ0v) is 17.2. The number of likely N-dealkylation sites (tertiary alicyclic amines) is 1. The first kappa shape index (κ1) is 23.8. The van der Waals surface area contributed by atoms with E-state index in [1.165, 1.54) is 12.1 Å². The van der Waals surface area contributed by atoms with Gasteiger partial charge in [0.25, 0.3) is 5.91 Å². The number of hydrogen-bond donors (Lipinski definition) is 2. The van der Waals surface area contributed by atoms with E-state index in [9.17, 15) is 37.5 Å². The molecule has 0 aliphatic carbocycles. The lowest BCUT2D eigenvalue weighted by Gasteiger charge is -2.47. The summed E-state index contributed by atoms with van der Waals surface area (Å²) in [5.41, 5.74) is 5.49. The Balaban J connectivity index is 2.11. The van der Waals surface area contributed by atoms with Crippen molar-refractivity contribution in [1.29, 1.82) is 5.26 Å². The molecule has 3 N–H and O–H groups in total. The highest BCUT2D eigenvalue weighted by Gasteiger charge is 2.51. The molecule has 1 fully saturated rings. The number of carbonyl (C=O) groups is 2. The lowest BCUT2D eigenvalue weighted by molar-refractivity contribution is -0.277. The number of carboxylic acid groups (broad SMARTS) is 1. The van der Waals surface area contributed by atoms with Crippen molar-refractivity contribution >= 4 is 23.5 Å². The molecule has 13 heteroatoms. The van der Waals surface area contributed by atoms with Gasteiger partial charge < -0.3 is 25.9 Å². The van der Waals surface area contributed by atoms with Gasteiger partial charge in [-0.15, -0.1) is 0 Å². The number of carbonyl (C=O) groups excluding carboxylic acids is 2. The smallest absolute Gasteiger partial charge is 0.393 e. The summed E-state index contributed by atoms with van der Waals surface area (Å²) in [7, 11) is 0. The minimum absolute atomic E-state index is 0.0668. The van der Waals surface area contributed by atoms with E-state index in [2.05, 4.69) is 10.4 Å². The fraction of sp³-hybridized carbons (Fsp3) is 0.400. The van der Waals surface area contributed by atoms with E-state index < -0.39 is 47.9 Å². The lowest BCUT2D eigenvalue weighted by Crippen LogP contribution is -2.60. The Morgan fingerprint density at radius 2 is 1.97 bits per heavy atom. The van der Waals surface area contributed by atoms with E-state index in [0.29, 0.717) is 10.6 Å². The molecule has 33 heavy (non-hydrogen) atoms. The number of primary amides is 1. The molecule has 1 aromatic heterocycles. The molecule has 2 amide bonds. The van der Waals surface area contributed by atoms with Crippen LogP contribution in [0.25, 0.3) is 0 Å². The van der Waals surface area contributed by atoms with Crippen LogP contribution in [0, 0.1) is 29.0 Å². The molecule has 4 atom stereocenters. The van der Waals surface area contributed by atoms with Gasteiger partial charge in [-0.05, 0) is 30.7 Å². The fourth-order valence-corrected chi connectivity index (χ4v) is 3.96. The Morgan fingerprint density at radius 1 is 1.33 bits per heavy atom. The summed E-state index contributed by atoms with van der Waals surface area (Å²) in [5, 5.41) is 28.1. The van der Waals surface area contributed by atoms with Crippen LogP contribution in [0.4, 0.5) is 33.9 Å². The minimum atomic E-state index is -4.79. The second-order valence-electron chi connectivity index (χ2n) is 7.66. The SMILES string of the molecule is CC(C1[C@H](n2cc(C(N)=O)c(Nc3ccc(F)cc3)n2)[C@@H](C#N)CCN1C(=O)[O-])C(F)(F)F. The molecular weight excluding hydrogens is 448 g/mol. The Bertz CT molecular complexity index is 1080. The number of nitrogens with one attached hydrogen (secondary N) is 1. The third-order valence-electron chi connectivity index (χ3n) is 5.64. The topological polar surface area (TPSA) is 140 Å². The van der Waals surface area contributed by atoms with Gasteiger partial charge in [0.2, 0.25) is 0 Å². The van der Waals surface area contributed by atoms with E-state index in [-0.39, 0.29) is 24.3 Å². The predicted octanol–water partition coefficient (Wildman–Crippen LogP) is 2.16. The van der Waals surface area contributed by atoms with E-state index in [1.807, 2.05) is 6.07 Å². The summed E-state index contributed by atoms with van der Waals surface area (Å²) in [6, 6.07) is 3.73. The fourth-order valence-electron chi connectivity index (χ4n) is 3.96. The molecular formula is C20H19F4N6O3-. The first-order valence-electron chi connectivity index (χ1n) is 9.79. The van der Waals surface area contributed by atoms with Gasteiger partial charge in [0.15, 0.2) is 5.82 Å². The number of benzene rings is 1. The molecule has 0 radical (unpaired) electrons. The van der Waals surface area contributed by atoms with Crippen LogP contribution in [0.5, 0.6) is 0 Å². The van der Waals surface area contributed by atoms with Gasteiger partial charge in [-0.3, -0.25) is 9.48 Å². The molecule has 1 aromatic carbocycles. The molecule has 0 spiro atoms. The van der Waals surface area contributed by atoms with Crippen LogP contribution in [0.2, 0.25) is 0 Å². The molecule has 1 aliphatic rings. The van der Waals surface area contributed by atoms with Crippen molar-refractivity contribution in [1.82, 2.24) is 14.7 Å². The first-order chi connectivity index (χ1) is 15.4. The van der Waals surface area contributed by atoms with Gasteiger partial charge >= 0.3 is 6.18 Å². The molecule has 1 saturated heterocycles. The minimum Gasteiger partial charge on any atom is -0.530 e. The Kier molecular flexibility index (Phi) is 6.48. The average Bonchev–Trinajstić information content (AvgIpc) is 3.16.